The van der Waals surface area contributed by atoms with Crippen molar-refractivity contribution in [3.63, 3.8) is 0 Å². The lowest BCUT2D eigenvalue weighted by molar-refractivity contribution is 0.243. The highest BCUT2D eigenvalue weighted by molar-refractivity contribution is 5.88. The van der Waals surface area contributed by atoms with Gasteiger partial charge in [-0.2, -0.15) is 0 Å². The van der Waals surface area contributed by atoms with Crippen LogP contribution in [0.5, 0.6) is 0 Å². The molecule has 0 aliphatic heterocycles. The first-order chi connectivity index (χ1) is 11.0. The standard InChI is InChI=1S/C17H24N4O2/c1-12-4-6-15(7-5-12)21-14(3)10-16(20-21)19-17(23)18-11-13(2)8-9-22/h4-7,10,13,22H,8-9,11H2,1-3H3,(H2,18,19,20,23). The smallest absolute Gasteiger partial charge is 0.320 e. The van der Waals surface area contributed by atoms with Gasteiger partial charge in [-0.15, -0.1) is 5.10 Å². The van der Waals surface area contributed by atoms with E-state index in [0.29, 0.717) is 18.8 Å². The molecule has 0 bridgehead atoms. The number of aliphatic hydroxyl groups excluding tert-OH is 1. The summed E-state index contributed by atoms with van der Waals surface area (Å²) in [6.45, 7) is 6.61. The lowest BCUT2D eigenvalue weighted by Crippen LogP contribution is -2.32. The van der Waals surface area contributed by atoms with E-state index >= 15 is 0 Å². The maximum atomic E-state index is 11.9. The fourth-order valence-electron chi connectivity index (χ4n) is 2.23. The van der Waals surface area contributed by atoms with Crippen LogP contribution < -0.4 is 10.6 Å². The molecule has 0 saturated carbocycles. The molecule has 124 valence electrons. The van der Waals surface area contributed by atoms with E-state index in [-0.39, 0.29) is 18.6 Å². The zero-order chi connectivity index (χ0) is 16.8. The molecule has 1 aromatic heterocycles. The highest BCUT2D eigenvalue weighted by atomic mass is 16.3. The van der Waals surface area contributed by atoms with Crippen LogP contribution in [0.15, 0.2) is 30.3 Å². The van der Waals surface area contributed by atoms with Gasteiger partial charge in [0.1, 0.15) is 0 Å². The van der Waals surface area contributed by atoms with Crippen molar-refractivity contribution in [3.8, 4) is 5.69 Å². The summed E-state index contributed by atoms with van der Waals surface area (Å²) in [5, 5.41) is 18.8. The van der Waals surface area contributed by atoms with E-state index in [4.69, 9.17) is 5.11 Å². The molecule has 1 unspecified atom stereocenters. The number of nitrogens with one attached hydrogen (secondary N) is 2. The number of rotatable bonds is 6. The van der Waals surface area contributed by atoms with Crippen molar-refractivity contribution in [1.82, 2.24) is 15.1 Å². The van der Waals surface area contributed by atoms with Gasteiger partial charge in [0.2, 0.25) is 0 Å². The van der Waals surface area contributed by atoms with Crippen LogP contribution >= 0.6 is 0 Å². The molecule has 0 aliphatic rings. The van der Waals surface area contributed by atoms with E-state index in [0.717, 1.165) is 11.4 Å². The summed E-state index contributed by atoms with van der Waals surface area (Å²) in [6.07, 6.45) is 0.668. The first kappa shape index (κ1) is 17.0. The number of benzene rings is 1. The molecule has 0 aliphatic carbocycles. The molecule has 1 aromatic carbocycles. The predicted molar refractivity (Wildman–Crippen MR) is 90.9 cm³/mol. The third-order valence-corrected chi connectivity index (χ3v) is 3.64. The Balaban J connectivity index is 1.98. The van der Waals surface area contributed by atoms with Gasteiger partial charge in [-0.05, 0) is 38.3 Å². The van der Waals surface area contributed by atoms with Gasteiger partial charge in [0.25, 0.3) is 0 Å². The summed E-state index contributed by atoms with van der Waals surface area (Å²) in [7, 11) is 0. The first-order valence-corrected chi connectivity index (χ1v) is 7.79. The molecular weight excluding hydrogens is 292 g/mol. The molecule has 3 N–H and O–H groups in total. The van der Waals surface area contributed by atoms with Gasteiger partial charge in [0.15, 0.2) is 5.82 Å². The number of carbonyl (C=O) groups is 1. The molecule has 0 radical (unpaired) electrons. The van der Waals surface area contributed by atoms with E-state index < -0.39 is 0 Å². The molecule has 2 amide bonds. The molecular formula is C17H24N4O2. The third kappa shape index (κ3) is 4.82. The van der Waals surface area contributed by atoms with E-state index in [9.17, 15) is 4.79 Å². The molecule has 6 nitrogen and oxygen atoms in total. The molecule has 23 heavy (non-hydrogen) atoms. The average molecular weight is 316 g/mol. The number of anilines is 1. The van der Waals surface area contributed by atoms with Crippen molar-refractivity contribution in [2.45, 2.75) is 27.2 Å². The second-order valence-corrected chi connectivity index (χ2v) is 5.87. The maximum Gasteiger partial charge on any atom is 0.320 e. The van der Waals surface area contributed by atoms with Crippen molar-refractivity contribution in [3.05, 3.63) is 41.6 Å². The van der Waals surface area contributed by atoms with Crippen molar-refractivity contribution in [2.75, 3.05) is 18.5 Å². The zero-order valence-corrected chi connectivity index (χ0v) is 13.8. The summed E-state index contributed by atoms with van der Waals surface area (Å²) in [5.74, 6) is 0.744. The Labute approximate surface area is 136 Å². The van der Waals surface area contributed by atoms with Crippen LogP contribution in [-0.2, 0) is 0 Å². The number of hydrogen-bond acceptors (Lipinski definition) is 3. The highest BCUT2D eigenvalue weighted by Gasteiger charge is 2.10. The Bertz CT molecular complexity index is 649. The molecule has 0 saturated heterocycles. The van der Waals surface area contributed by atoms with Crippen LogP contribution in [-0.4, -0.2) is 34.1 Å². The van der Waals surface area contributed by atoms with Crippen molar-refractivity contribution >= 4 is 11.8 Å². The fourth-order valence-corrected chi connectivity index (χ4v) is 2.23. The summed E-state index contributed by atoms with van der Waals surface area (Å²) in [5.41, 5.74) is 3.09. The van der Waals surface area contributed by atoms with Gasteiger partial charge in [-0.3, -0.25) is 5.32 Å². The largest absolute Gasteiger partial charge is 0.396 e. The van der Waals surface area contributed by atoms with Gasteiger partial charge in [-0.25, -0.2) is 9.48 Å². The van der Waals surface area contributed by atoms with Crippen LogP contribution in [0.2, 0.25) is 0 Å². The first-order valence-electron chi connectivity index (χ1n) is 7.79. The molecule has 6 heteroatoms. The number of amides is 2. The van der Waals surface area contributed by atoms with E-state index in [1.807, 2.05) is 51.1 Å². The fraction of sp³-hybridized carbons (Fsp3) is 0.412. The summed E-state index contributed by atoms with van der Waals surface area (Å²) in [4.78, 5) is 11.9. The number of urea groups is 1. The maximum absolute atomic E-state index is 11.9. The topological polar surface area (TPSA) is 79.2 Å². The monoisotopic (exact) mass is 316 g/mol. The van der Waals surface area contributed by atoms with Gasteiger partial charge in [0.05, 0.1) is 5.69 Å². The Morgan fingerprint density at radius 3 is 2.65 bits per heavy atom. The van der Waals surface area contributed by atoms with Crippen LogP contribution in [0.4, 0.5) is 10.6 Å². The van der Waals surface area contributed by atoms with Gasteiger partial charge in [0, 0.05) is 24.9 Å². The lowest BCUT2D eigenvalue weighted by atomic mass is 10.1. The number of aliphatic hydroxyl groups is 1. The van der Waals surface area contributed by atoms with E-state index in [2.05, 4.69) is 15.7 Å². The summed E-state index contributed by atoms with van der Waals surface area (Å²) < 4.78 is 1.80. The minimum absolute atomic E-state index is 0.130. The number of nitrogens with zero attached hydrogens (tertiary/aromatic N) is 2. The molecule has 0 fully saturated rings. The van der Waals surface area contributed by atoms with Crippen LogP contribution in [0.1, 0.15) is 24.6 Å². The molecule has 2 aromatic rings. The second-order valence-electron chi connectivity index (χ2n) is 5.87. The Morgan fingerprint density at radius 2 is 2.00 bits per heavy atom. The van der Waals surface area contributed by atoms with Crippen molar-refractivity contribution in [1.29, 1.82) is 0 Å². The number of aromatic nitrogens is 2. The second kappa shape index (κ2) is 7.78. The Hall–Kier alpha value is -2.34. The van der Waals surface area contributed by atoms with Crippen molar-refractivity contribution in [2.24, 2.45) is 5.92 Å². The predicted octanol–water partition coefficient (Wildman–Crippen LogP) is 2.63. The Kier molecular flexibility index (Phi) is 5.76. The lowest BCUT2D eigenvalue weighted by Gasteiger charge is -2.11. The zero-order valence-electron chi connectivity index (χ0n) is 13.8. The minimum Gasteiger partial charge on any atom is -0.396 e. The molecule has 1 heterocycles. The average Bonchev–Trinajstić information content (AvgIpc) is 2.87. The summed E-state index contributed by atoms with van der Waals surface area (Å²) >= 11 is 0. The molecule has 1 atom stereocenters. The molecule has 2 rings (SSSR count). The minimum atomic E-state index is -0.289. The van der Waals surface area contributed by atoms with E-state index in [1.165, 1.54) is 5.56 Å². The van der Waals surface area contributed by atoms with Gasteiger partial charge in [-0.1, -0.05) is 24.6 Å². The summed E-state index contributed by atoms with van der Waals surface area (Å²) in [6, 6.07) is 9.59. The molecule has 0 spiro atoms. The van der Waals surface area contributed by atoms with Crippen LogP contribution in [0.25, 0.3) is 5.69 Å². The quantitative estimate of drug-likeness (QED) is 0.766. The number of aryl methyl sites for hydroxylation is 2. The van der Waals surface area contributed by atoms with Crippen molar-refractivity contribution < 1.29 is 9.90 Å². The SMILES string of the molecule is Cc1ccc(-n2nc(NC(=O)NCC(C)CCO)cc2C)cc1. The number of hydrogen-bond donors (Lipinski definition) is 3. The van der Waals surface area contributed by atoms with Crippen LogP contribution in [0.3, 0.4) is 0 Å². The normalized spacial score (nSPS) is 12.0. The Morgan fingerprint density at radius 1 is 1.30 bits per heavy atom. The van der Waals surface area contributed by atoms with E-state index in [1.54, 1.807) is 4.68 Å². The van der Waals surface area contributed by atoms with Crippen LogP contribution in [0, 0.1) is 19.8 Å². The number of carbonyl (C=O) groups excluding carboxylic acids is 1. The van der Waals surface area contributed by atoms with Gasteiger partial charge >= 0.3 is 6.03 Å². The highest BCUT2D eigenvalue weighted by Crippen LogP contribution is 2.15. The van der Waals surface area contributed by atoms with Gasteiger partial charge < -0.3 is 10.4 Å². The third-order valence-electron chi connectivity index (χ3n) is 3.64.